The van der Waals surface area contributed by atoms with Gasteiger partial charge in [-0.05, 0) is 12.1 Å². The van der Waals surface area contributed by atoms with Crippen LogP contribution in [0.25, 0.3) is 5.82 Å². The molecule has 0 spiro atoms. The Kier molecular flexibility index (Phi) is 2.68. The van der Waals surface area contributed by atoms with E-state index in [1.807, 2.05) is 0 Å². The molecule has 1 amide bonds. The first-order chi connectivity index (χ1) is 8.49. The second kappa shape index (κ2) is 4.17. The molecule has 0 aliphatic rings. The number of rotatable bonds is 3. The second-order valence-electron chi connectivity index (χ2n) is 3.45. The van der Waals surface area contributed by atoms with E-state index in [-0.39, 0.29) is 22.8 Å². The van der Waals surface area contributed by atoms with Crippen molar-refractivity contribution in [2.75, 3.05) is 5.73 Å². The number of carboxylic acid groups (broad SMARTS) is 1. The van der Waals surface area contributed by atoms with Crippen LogP contribution < -0.4 is 11.5 Å². The topological polar surface area (TPSA) is 137 Å². The van der Waals surface area contributed by atoms with Gasteiger partial charge in [-0.15, -0.1) is 0 Å². The van der Waals surface area contributed by atoms with Crippen molar-refractivity contribution in [2.24, 2.45) is 5.73 Å². The number of anilines is 1. The minimum atomic E-state index is -1.19. The minimum Gasteiger partial charge on any atom is -0.478 e. The highest BCUT2D eigenvalue weighted by molar-refractivity contribution is 5.92. The van der Waals surface area contributed by atoms with Gasteiger partial charge >= 0.3 is 5.97 Å². The fraction of sp³-hybridized carbons (Fsp3) is 0. The molecule has 2 aromatic rings. The first-order valence-electron chi connectivity index (χ1n) is 4.83. The molecule has 5 N–H and O–H groups in total. The van der Waals surface area contributed by atoms with Gasteiger partial charge in [0.25, 0.3) is 5.91 Å². The summed E-state index contributed by atoms with van der Waals surface area (Å²) in [5.41, 5.74) is 10.6. The maximum absolute atomic E-state index is 11.1. The quantitative estimate of drug-likeness (QED) is 0.677. The van der Waals surface area contributed by atoms with Gasteiger partial charge < -0.3 is 16.6 Å². The van der Waals surface area contributed by atoms with Crippen LogP contribution in [0.2, 0.25) is 0 Å². The monoisotopic (exact) mass is 247 g/mol. The Bertz CT molecular complexity index is 634. The Hall–Kier alpha value is -2.90. The molecular weight excluding hydrogens is 238 g/mol. The molecule has 2 aromatic heterocycles. The maximum Gasteiger partial charge on any atom is 0.339 e. The number of aromatic carboxylic acids is 1. The molecule has 0 unspecified atom stereocenters. The highest BCUT2D eigenvalue weighted by atomic mass is 16.4. The molecule has 0 bridgehead atoms. The first kappa shape index (κ1) is 11.6. The number of hydrogen-bond donors (Lipinski definition) is 3. The number of carbonyl (C=O) groups excluding carboxylic acids is 1. The summed E-state index contributed by atoms with van der Waals surface area (Å²) in [6.07, 6.45) is 2.69. The molecule has 92 valence electrons. The summed E-state index contributed by atoms with van der Waals surface area (Å²) in [7, 11) is 0. The van der Waals surface area contributed by atoms with Gasteiger partial charge in [0.15, 0.2) is 5.82 Å². The van der Waals surface area contributed by atoms with E-state index in [1.54, 1.807) is 0 Å². The van der Waals surface area contributed by atoms with E-state index in [2.05, 4.69) is 10.1 Å². The zero-order valence-electron chi connectivity index (χ0n) is 9.07. The van der Waals surface area contributed by atoms with Crippen LogP contribution in [-0.4, -0.2) is 31.7 Å². The van der Waals surface area contributed by atoms with Gasteiger partial charge in [-0.3, -0.25) is 4.79 Å². The van der Waals surface area contributed by atoms with Crippen LogP contribution in [0, 0.1) is 0 Å². The summed E-state index contributed by atoms with van der Waals surface area (Å²) in [6, 6.07) is 2.63. The number of hydrogen-bond acceptors (Lipinski definition) is 5. The Balaban J connectivity index is 2.55. The average Bonchev–Trinajstić information content (AvgIpc) is 2.78. The van der Waals surface area contributed by atoms with E-state index in [1.165, 1.54) is 24.5 Å². The van der Waals surface area contributed by atoms with E-state index in [0.717, 1.165) is 4.68 Å². The predicted molar refractivity (Wildman–Crippen MR) is 61.2 cm³/mol. The Morgan fingerprint density at radius 3 is 2.67 bits per heavy atom. The Morgan fingerprint density at radius 2 is 2.11 bits per heavy atom. The first-order valence-corrected chi connectivity index (χ1v) is 4.83. The number of aromatic nitrogens is 3. The smallest absolute Gasteiger partial charge is 0.339 e. The van der Waals surface area contributed by atoms with Gasteiger partial charge in [0.1, 0.15) is 11.3 Å². The normalized spacial score (nSPS) is 10.2. The fourth-order valence-corrected chi connectivity index (χ4v) is 1.39. The molecule has 0 aliphatic carbocycles. The predicted octanol–water partition coefficient (Wildman–Crippen LogP) is -0.353. The number of pyridine rings is 1. The standard InChI is InChI=1S/C10H9N5O3/c11-5-3-6(10(17)18)9(13-4-5)15-2-1-7(14-15)8(12)16/h1-4H,11H2,(H2,12,16)(H,17,18). The SMILES string of the molecule is NC(=O)c1ccn(-c2ncc(N)cc2C(=O)O)n1. The van der Waals surface area contributed by atoms with Gasteiger partial charge in [-0.2, -0.15) is 5.10 Å². The number of amides is 1. The van der Waals surface area contributed by atoms with E-state index in [9.17, 15) is 9.59 Å². The van der Waals surface area contributed by atoms with Crippen LogP contribution in [-0.2, 0) is 0 Å². The summed E-state index contributed by atoms with van der Waals surface area (Å²) in [5.74, 6) is -1.84. The zero-order valence-corrected chi connectivity index (χ0v) is 9.07. The van der Waals surface area contributed by atoms with Crippen molar-refractivity contribution in [3.05, 3.63) is 35.8 Å². The number of carbonyl (C=O) groups is 2. The van der Waals surface area contributed by atoms with E-state index >= 15 is 0 Å². The summed E-state index contributed by atoms with van der Waals surface area (Å²) < 4.78 is 1.16. The number of nitrogens with zero attached hydrogens (tertiary/aromatic N) is 3. The van der Waals surface area contributed by atoms with Gasteiger partial charge in [0.2, 0.25) is 0 Å². The third-order valence-corrected chi connectivity index (χ3v) is 2.18. The molecule has 2 heterocycles. The molecule has 0 radical (unpaired) electrons. The zero-order chi connectivity index (χ0) is 13.3. The minimum absolute atomic E-state index is 0.0185. The van der Waals surface area contributed by atoms with Crippen LogP contribution in [0.15, 0.2) is 24.5 Å². The van der Waals surface area contributed by atoms with Crippen LogP contribution in [0.5, 0.6) is 0 Å². The number of primary amides is 1. The van der Waals surface area contributed by atoms with Crippen molar-refractivity contribution < 1.29 is 14.7 Å². The third-order valence-electron chi connectivity index (χ3n) is 2.18. The van der Waals surface area contributed by atoms with Crippen molar-refractivity contribution >= 4 is 17.6 Å². The lowest BCUT2D eigenvalue weighted by Gasteiger charge is -2.05. The Labute approximate surface area is 101 Å². The lowest BCUT2D eigenvalue weighted by atomic mass is 10.2. The maximum atomic E-state index is 11.1. The lowest BCUT2D eigenvalue weighted by molar-refractivity contribution is 0.0696. The molecule has 0 aliphatic heterocycles. The van der Waals surface area contributed by atoms with Crippen LogP contribution in [0.3, 0.4) is 0 Å². The van der Waals surface area contributed by atoms with Crippen LogP contribution >= 0.6 is 0 Å². The number of nitrogen functional groups attached to an aromatic ring is 1. The van der Waals surface area contributed by atoms with Crippen molar-refractivity contribution in [1.82, 2.24) is 14.8 Å². The highest BCUT2D eigenvalue weighted by Crippen LogP contribution is 2.14. The third kappa shape index (κ3) is 1.98. The van der Waals surface area contributed by atoms with Crippen molar-refractivity contribution in [1.29, 1.82) is 0 Å². The van der Waals surface area contributed by atoms with Crippen LogP contribution in [0.1, 0.15) is 20.8 Å². The van der Waals surface area contributed by atoms with Crippen molar-refractivity contribution in [3.8, 4) is 5.82 Å². The molecule has 0 atom stereocenters. The average molecular weight is 247 g/mol. The van der Waals surface area contributed by atoms with E-state index in [0.29, 0.717) is 0 Å². The summed E-state index contributed by atoms with van der Waals surface area (Å²) in [6.45, 7) is 0. The summed E-state index contributed by atoms with van der Waals surface area (Å²) in [5, 5.41) is 12.9. The summed E-state index contributed by atoms with van der Waals surface area (Å²) >= 11 is 0. The molecule has 2 rings (SSSR count). The molecule has 8 nitrogen and oxygen atoms in total. The molecule has 0 fully saturated rings. The van der Waals surface area contributed by atoms with E-state index < -0.39 is 11.9 Å². The Morgan fingerprint density at radius 1 is 1.39 bits per heavy atom. The molecule has 0 saturated carbocycles. The van der Waals surface area contributed by atoms with E-state index in [4.69, 9.17) is 16.6 Å². The molecule has 0 aromatic carbocycles. The van der Waals surface area contributed by atoms with Gasteiger partial charge in [0, 0.05) is 6.20 Å². The summed E-state index contributed by atoms with van der Waals surface area (Å²) in [4.78, 5) is 25.9. The van der Waals surface area contributed by atoms with Crippen molar-refractivity contribution in [2.45, 2.75) is 0 Å². The largest absolute Gasteiger partial charge is 0.478 e. The lowest BCUT2D eigenvalue weighted by Crippen LogP contribution is -2.14. The number of carboxylic acids is 1. The molecule has 0 saturated heterocycles. The van der Waals surface area contributed by atoms with Gasteiger partial charge in [0.05, 0.1) is 11.9 Å². The fourth-order valence-electron chi connectivity index (χ4n) is 1.39. The van der Waals surface area contributed by atoms with Gasteiger partial charge in [-0.1, -0.05) is 0 Å². The molecule has 8 heteroatoms. The second-order valence-corrected chi connectivity index (χ2v) is 3.45. The molecule has 18 heavy (non-hydrogen) atoms. The number of nitrogens with two attached hydrogens (primary N) is 2. The highest BCUT2D eigenvalue weighted by Gasteiger charge is 2.15. The van der Waals surface area contributed by atoms with Gasteiger partial charge in [-0.25, -0.2) is 14.5 Å². The van der Waals surface area contributed by atoms with Crippen molar-refractivity contribution in [3.63, 3.8) is 0 Å². The molecular formula is C10H9N5O3. The van der Waals surface area contributed by atoms with Crippen LogP contribution in [0.4, 0.5) is 5.69 Å².